The lowest BCUT2D eigenvalue weighted by Gasteiger charge is -2.06. The Kier molecular flexibility index (Phi) is 8.97. The number of thiocarbonyl (C=S) groups is 1. The van der Waals surface area contributed by atoms with Crippen LogP contribution in [0.3, 0.4) is 0 Å². The molecule has 0 spiro atoms. The van der Waals surface area contributed by atoms with E-state index in [1.165, 1.54) is 0 Å². The van der Waals surface area contributed by atoms with Gasteiger partial charge in [0.25, 0.3) is 0 Å². The second-order valence-corrected chi connectivity index (χ2v) is 6.91. The number of fused-ring (bicyclic) bond motifs is 1. The molecule has 0 saturated heterocycles. The van der Waals surface area contributed by atoms with Crippen molar-refractivity contribution in [3.05, 3.63) is 71.4 Å². The van der Waals surface area contributed by atoms with Crippen LogP contribution in [0.1, 0.15) is 20.8 Å². The van der Waals surface area contributed by atoms with Gasteiger partial charge in [0.2, 0.25) is 5.12 Å². The summed E-state index contributed by atoms with van der Waals surface area (Å²) >= 11 is 9.91. The number of aromatic nitrogens is 1. The van der Waals surface area contributed by atoms with Gasteiger partial charge in [0.1, 0.15) is 0 Å². The van der Waals surface area contributed by atoms with Crippen molar-refractivity contribution in [2.75, 3.05) is 0 Å². The molecule has 0 amide bonds. The third-order valence-corrected chi connectivity index (χ3v) is 4.72. The van der Waals surface area contributed by atoms with E-state index in [1.54, 1.807) is 24.3 Å². The zero-order valence-corrected chi connectivity index (χ0v) is 17.2. The van der Waals surface area contributed by atoms with E-state index in [0.717, 1.165) is 27.1 Å². The molecule has 1 aromatic heterocycles. The minimum atomic E-state index is -0.0791. The third-order valence-electron chi connectivity index (χ3n) is 2.99. The minimum absolute atomic E-state index is 0.0791. The average Bonchev–Trinajstić information content (AvgIpc) is 3.00. The highest BCUT2D eigenvalue weighted by molar-refractivity contribution is 9.10. The first-order valence-corrected chi connectivity index (χ1v) is 9.57. The summed E-state index contributed by atoms with van der Waals surface area (Å²) in [6.07, 6.45) is 8.75. The molecule has 2 nitrogen and oxygen atoms in total. The topological polar surface area (TPSA) is 22.0 Å². The van der Waals surface area contributed by atoms with Crippen LogP contribution in [0.4, 0.5) is 0 Å². The number of carbonyl (C=O) groups is 1. The Bertz CT molecular complexity index is 803. The number of hydrogen-bond acceptors (Lipinski definition) is 3. The highest BCUT2D eigenvalue weighted by Gasteiger charge is 2.13. The van der Waals surface area contributed by atoms with Crippen LogP contribution in [0.2, 0.25) is 0 Å². The molecule has 0 bridgehead atoms. The van der Waals surface area contributed by atoms with Crippen LogP contribution in [0.15, 0.2) is 71.4 Å². The van der Waals surface area contributed by atoms with Crippen molar-refractivity contribution in [3.8, 4) is 0 Å². The molecule has 1 aromatic carbocycles. The second kappa shape index (κ2) is 10.4. The van der Waals surface area contributed by atoms with Gasteiger partial charge in [-0.15, -0.1) is 0 Å². The number of nitrogens with zero attached hydrogens (tertiary/aromatic N) is 1. The van der Waals surface area contributed by atoms with Crippen LogP contribution in [0.5, 0.6) is 0 Å². The summed E-state index contributed by atoms with van der Waals surface area (Å²) < 4.78 is 3.37. The maximum absolute atomic E-state index is 12.3. The quantitative estimate of drug-likeness (QED) is 0.320. The van der Waals surface area contributed by atoms with Gasteiger partial charge in [-0.1, -0.05) is 72.9 Å². The number of halogens is 1. The summed E-state index contributed by atoms with van der Waals surface area (Å²) in [6.45, 7) is 9.43. The highest BCUT2D eigenvalue weighted by atomic mass is 79.9. The summed E-state index contributed by atoms with van der Waals surface area (Å²) in [6, 6.07) is 7.93. The largest absolute Gasteiger partial charge is 0.302 e. The van der Waals surface area contributed by atoms with Crippen molar-refractivity contribution >= 4 is 60.2 Å². The summed E-state index contributed by atoms with van der Waals surface area (Å²) in [5, 5.41) is 0.993. The Morgan fingerprint density at radius 1 is 1.33 bits per heavy atom. The van der Waals surface area contributed by atoms with Crippen LogP contribution >= 0.6 is 39.9 Å². The Balaban J connectivity index is 0.00000139. The summed E-state index contributed by atoms with van der Waals surface area (Å²) in [7, 11) is 0. The minimum Gasteiger partial charge on any atom is -0.302 e. The zero-order valence-electron chi connectivity index (χ0n) is 14.0. The van der Waals surface area contributed by atoms with Gasteiger partial charge in [-0.25, -0.2) is 0 Å². The number of thioether (sulfide) groups is 1. The molecule has 0 aliphatic carbocycles. The average molecular weight is 422 g/mol. The molecule has 0 unspecified atom stereocenters. The monoisotopic (exact) mass is 421 g/mol. The van der Waals surface area contributed by atoms with Gasteiger partial charge in [-0.05, 0) is 43.0 Å². The van der Waals surface area contributed by atoms with Crippen LogP contribution in [-0.2, 0) is 4.79 Å². The molecule has 0 atom stereocenters. The maximum atomic E-state index is 12.3. The first-order valence-electron chi connectivity index (χ1n) is 7.55. The lowest BCUT2D eigenvalue weighted by Crippen LogP contribution is -2.07. The van der Waals surface area contributed by atoms with Crippen molar-refractivity contribution in [3.63, 3.8) is 0 Å². The van der Waals surface area contributed by atoms with E-state index in [2.05, 4.69) is 22.5 Å². The normalized spacial score (nSPS) is 11.2. The van der Waals surface area contributed by atoms with E-state index >= 15 is 0 Å². The van der Waals surface area contributed by atoms with Crippen LogP contribution in [-0.4, -0.2) is 14.0 Å². The van der Waals surface area contributed by atoms with Gasteiger partial charge in [0.15, 0.2) is 4.32 Å². The van der Waals surface area contributed by atoms with Crippen molar-refractivity contribution in [2.45, 2.75) is 20.8 Å². The van der Waals surface area contributed by atoms with Crippen LogP contribution in [0.25, 0.3) is 10.9 Å². The van der Waals surface area contributed by atoms with Crippen LogP contribution in [0, 0.1) is 0 Å². The fourth-order valence-electron chi connectivity index (χ4n) is 1.91. The lowest BCUT2D eigenvalue weighted by molar-refractivity contribution is -0.107. The van der Waals surface area contributed by atoms with E-state index in [9.17, 15) is 4.79 Å². The fraction of sp³-hybridized carbons (Fsp3) is 0.158. The first-order chi connectivity index (χ1) is 11.6. The standard InChI is InChI=1S/C17H14BrNOS2.C2H6/c1-3-5-6-12(4-2)16(20)22-17(21)19-10-9-13-11-14(18)7-8-15(13)19;1-2/h3-11H,1H2,2H3;1-2H3/b6-5-,12-4+;. The summed E-state index contributed by atoms with van der Waals surface area (Å²) in [5.74, 6) is 0. The Morgan fingerprint density at radius 3 is 2.67 bits per heavy atom. The molecular weight excluding hydrogens is 402 g/mol. The Morgan fingerprint density at radius 2 is 2.04 bits per heavy atom. The van der Waals surface area contributed by atoms with Gasteiger partial charge >= 0.3 is 0 Å². The van der Waals surface area contributed by atoms with Crippen molar-refractivity contribution in [1.82, 2.24) is 4.57 Å². The number of hydrogen-bond donors (Lipinski definition) is 0. The van der Waals surface area contributed by atoms with Gasteiger partial charge in [-0.3, -0.25) is 4.79 Å². The second-order valence-electron chi connectivity index (χ2n) is 4.38. The SMILES string of the molecule is C=C/C=C\C(=C/C)C(=O)SC(=S)n1ccc2cc(Br)ccc21.CC. The summed E-state index contributed by atoms with van der Waals surface area (Å²) in [4.78, 5) is 12.3. The van der Waals surface area contributed by atoms with Crippen molar-refractivity contribution in [2.24, 2.45) is 0 Å². The molecule has 0 saturated carbocycles. The van der Waals surface area contributed by atoms with Gasteiger partial charge in [0, 0.05) is 21.6 Å². The fourth-order valence-corrected chi connectivity index (χ4v) is 3.40. The molecule has 24 heavy (non-hydrogen) atoms. The summed E-state index contributed by atoms with van der Waals surface area (Å²) in [5.41, 5.74) is 1.59. The molecule has 126 valence electrons. The number of carbonyl (C=O) groups excluding carboxylic acids is 1. The molecule has 0 N–H and O–H groups in total. The lowest BCUT2D eigenvalue weighted by atomic mass is 10.2. The zero-order chi connectivity index (χ0) is 18.1. The molecule has 2 aromatic rings. The van der Waals surface area contributed by atoms with Gasteiger partial charge in [0.05, 0.1) is 5.52 Å². The van der Waals surface area contributed by atoms with E-state index in [-0.39, 0.29) is 5.12 Å². The van der Waals surface area contributed by atoms with E-state index in [0.29, 0.717) is 9.89 Å². The van der Waals surface area contributed by atoms with Crippen LogP contribution < -0.4 is 0 Å². The molecule has 0 aliphatic rings. The number of rotatable bonds is 3. The molecule has 0 aliphatic heterocycles. The smallest absolute Gasteiger partial charge is 0.225 e. The predicted octanol–water partition coefficient (Wildman–Crippen LogP) is 6.51. The van der Waals surface area contributed by atoms with E-state index < -0.39 is 0 Å². The Hall–Kier alpha value is -1.43. The number of benzene rings is 1. The molecule has 1 heterocycles. The van der Waals surface area contributed by atoms with Crippen molar-refractivity contribution < 1.29 is 4.79 Å². The van der Waals surface area contributed by atoms with Gasteiger partial charge < -0.3 is 4.57 Å². The maximum Gasteiger partial charge on any atom is 0.225 e. The van der Waals surface area contributed by atoms with Crippen molar-refractivity contribution in [1.29, 1.82) is 0 Å². The predicted molar refractivity (Wildman–Crippen MR) is 115 cm³/mol. The highest BCUT2D eigenvalue weighted by Crippen LogP contribution is 2.24. The first kappa shape index (κ1) is 20.6. The molecule has 5 heteroatoms. The van der Waals surface area contributed by atoms with Gasteiger partial charge in [-0.2, -0.15) is 0 Å². The molecule has 0 fully saturated rings. The molecular formula is C19H20BrNOS2. The Labute approximate surface area is 161 Å². The van der Waals surface area contributed by atoms with E-state index in [4.69, 9.17) is 12.2 Å². The molecule has 2 rings (SSSR count). The number of allylic oxidation sites excluding steroid dienone is 4. The molecule has 0 radical (unpaired) electrons. The van der Waals surface area contributed by atoms with E-state index in [1.807, 2.05) is 55.8 Å². The third kappa shape index (κ3) is 5.30.